The first-order valence-electron chi connectivity index (χ1n) is 6.78. The van der Waals surface area contributed by atoms with Crippen LogP contribution in [0.1, 0.15) is 10.4 Å². The standard InChI is InChI=1S/C16H14BrF2NO2S/c17-14-7-6-12(23-14)9-10-20-15(21)8-5-11-3-1-2-4-13(11)22-16(18)19/h1-8,16H,9-10H2,(H,20,21)/b8-5+. The highest BCUT2D eigenvalue weighted by molar-refractivity contribution is 9.11. The topological polar surface area (TPSA) is 38.3 Å². The Kier molecular flexibility index (Phi) is 6.73. The SMILES string of the molecule is O=C(/C=C/c1ccccc1OC(F)F)NCCc1ccc(Br)s1. The third-order valence-corrected chi connectivity index (χ3v) is 4.53. The minimum Gasteiger partial charge on any atom is -0.434 e. The average molecular weight is 402 g/mol. The van der Waals surface area contributed by atoms with Gasteiger partial charge in [-0.2, -0.15) is 8.78 Å². The molecule has 0 unspecified atom stereocenters. The molecule has 0 bridgehead atoms. The van der Waals surface area contributed by atoms with Crippen LogP contribution in [0, 0.1) is 0 Å². The predicted octanol–water partition coefficient (Wildman–Crippen LogP) is 4.48. The molecule has 1 aromatic heterocycles. The van der Waals surface area contributed by atoms with Crippen LogP contribution in [0.4, 0.5) is 8.78 Å². The van der Waals surface area contributed by atoms with Gasteiger partial charge in [-0.1, -0.05) is 18.2 Å². The van der Waals surface area contributed by atoms with Crippen LogP contribution in [-0.2, 0) is 11.2 Å². The Morgan fingerprint density at radius 1 is 1.30 bits per heavy atom. The molecule has 1 N–H and O–H groups in total. The summed E-state index contributed by atoms with van der Waals surface area (Å²) < 4.78 is 30.1. The summed E-state index contributed by atoms with van der Waals surface area (Å²) in [6.45, 7) is -2.39. The monoisotopic (exact) mass is 401 g/mol. The fourth-order valence-electron chi connectivity index (χ4n) is 1.84. The second-order valence-electron chi connectivity index (χ2n) is 4.50. The average Bonchev–Trinajstić information content (AvgIpc) is 2.91. The molecule has 23 heavy (non-hydrogen) atoms. The van der Waals surface area contributed by atoms with Gasteiger partial charge in [0.25, 0.3) is 0 Å². The molecule has 2 rings (SSSR count). The summed E-state index contributed by atoms with van der Waals surface area (Å²) in [4.78, 5) is 12.9. The summed E-state index contributed by atoms with van der Waals surface area (Å²) in [5, 5.41) is 2.75. The number of carbonyl (C=O) groups excluding carboxylic acids is 1. The van der Waals surface area contributed by atoms with Crippen LogP contribution in [0.5, 0.6) is 5.75 Å². The van der Waals surface area contributed by atoms with Crippen LogP contribution in [0.15, 0.2) is 46.3 Å². The minimum atomic E-state index is -2.90. The number of benzene rings is 1. The molecule has 0 aliphatic carbocycles. The molecule has 1 heterocycles. The van der Waals surface area contributed by atoms with Crippen molar-refractivity contribution < 1.29 is 18.3 Å². The summed E-state index contributed by atoms with van der Waals surface area (Å²) in [7, 11) is 0. The third kappa shape index (κ3) is 6.11. The maximum Gasteiger partial charge on any atom is 0.387 e. The van der Waals surface area contributed by atoms with Crippen LogP contribution >= 0.6 is 27.3 Å². The van der Waals surface area contributed by atoms with E-state index in [0.29, 0.717) is 12.1 Å². The van der Waals surface area contributed by atoms with E-state index in [1.54, 1.807) is 29.5 Å². The van der Waals surface area contributed by atoms with Gasteiger partial charge in [-0.3, -0.25) is 4.79 Å². The van der Waals surface area contributed by atoms with E-state index in [0.717, 1.165) is 15.1 Å². The molecule has 0 aliphatic rings. The van der Waals surface area contributed by atoms with E-state index >= 15 is 0 Å². The second kappa shape index (κ2) is 8.79. The van der Waals surface area contributed by atoms with Crippen molar-refractivity contribution in [2.75, 3.05) is 6.54 Å². The number of amides is 1. The lowest BCUT2D eigenvalue weighted by atomic mass is 10.2. The Bertz CT molecular complexity index is 688. The summed E-state index contributed by atoms with van der Waals surface area (Å²) >= 11 is 5.00. The first kappa shape index (κ1) is 17.6. The maximum absolute atomic E-state index is 12.3. The number of para-hydroxylation sites is 1. The van der Waals surface area contributed by atoms with Gasteiger partial charge in [-0.05, 0) is 46.6 Å². The van der Waals surface area contributed by atoms with Gasteiger partial charge in [0.05, 0.1) is 3.79 Å². The van der Waals surface area contributed by atoms with Crippen molar-refractivity contribution in [2.45, 2.75) is 13.0 Å². The molecule has 0 aliphatic heterocycles. The minimum absolute atomic E-state index is 0.0370. The zero-order valence-corrected chi connectivity index (χ0v) is 14.4. The first-order chi connectivity index (χ1) is 11.0. The van der Waals surface area contributed by atoms with Crippen LogP contribution in [-0.4, -0.2) is 19.1 Å². The summed E-state index contributed by atoms with van der Waals surface area (Å²) in [6, 6.07) is 10.3. The zero-order valence-electron chi connectivity index (χ0n) is 12.0. The van der Waals surface area contributed by atoms with E-state index in [1.807, 2.05) is 12.1 Å². The summed E-state index contributed by atoms with van der Waals surface area (Å²) in [5.41, 5.74) is 0.421. The fourth-order valence-corrected chi connectivity index (χ4v) is 3.32. The Balaban J connectivity index is 1.86. The number of hydrogen-bond donors (Lipinski definition) is 1. The third-order valence-electron chi connectivity index (χ3n) is 2.85. The number of carbonyl (C=O) groups is 1. The van der Waals surface area contributed by atoms with Crippen LogP contribution in [0.2, 0.25) is 0 Å². The molecule has 1 aromatic carbocycles. The number of thiophene rings is 1. The lowest BCUT2D eigenvalue weighted by Crippen LogP contribution is -2.23. The maximum atomic E-state index is 12.3. The first-order valence-corrected chi connectivity index (χ1v) is 8.39. The van der Waals surface area contributed by atoms with Gasteiger partial charge >= 0.3 is 6.61 Å². The zero-order chi connectivity index (χ0) is 16.7. The number of rotatable bonds is 7. The molecule has 0 fully saturated rings. The highest BCUT2D eigenvalue weighted by Crippen LogP contribution is 2.22. The molecule has 2 aromatic rings. The molecular formula is C16H14BrF2NO2S. The van der Waals surface area contributed by atoms with Crippen molar-refractivity contribution in [3.05, 3.63) is 56.7 Å². The van der Waals surface area contributed by atoms with Gasteiger partial charge in [0, 0.05) is 23.1 Å². The summed E-state index contributed by atoms with van der Waals surface area (Å²) in [6.07, 6.45) is 3.49. The fraction of sp³-hybridized carbons (Fsp3) is 0.188. The molecular weight excluding hydrogens is 388 g/mol. The molecule has 0 saturated carbocycles. The van der Waals surface area contributed by atoms with Gasteiger partial charge in [0.2, 0.25) is 5.91 Å². The van der Waals surface area contributed by atoms with Crippen LogP contribution < -0.4 is 10.1 Å². The molecule has 0 atom stereocenters. The Labute approximate surface area is 145 Å². The lowest BCUT2D eigenvalue weighted by Gasteiger charge is -2.07. The molecule has 0 saturated heterocycles. The van der Waals surface area contributed by atoms with Crippen molar-refractivity contribution >= 4 is 39.2 Å². The van der Waals surface area contributed by atoms with Gasteiger partial charge in [0.15, 0.2) is 0 Å². The number of hydrogen-bond acceptors (Lipinski definition) is 3. The molecule has 0 radical (unpaired) electrons. The van der Waals surface area contributed by atoms with Crippen molar-refractivity contribution in [3.8, 4) is 5.75 Å². The van der Waals surface area contributed by atoms with Crippen molar-refractivity contribution in [1.29, 1.82) is 0 Å². The number of ether oxygens (including phenoxy) is 1. The van der Waals surface area contributed by atoms with E-state index in [2.05, 4.69) is 26.0 Å². The molecule has 122 valence electrons. The van der Waals surface area contributed by atoms with E-state index < -0.39 is 6.61 Å². The number of alkyl halides is 2. The largest absolute Gasteiger partial charge is 0.434 e. The normalized spacial score (nSPS) is 11.1. The lowest BCUT2D eigenvalue weighted by molar-refractivity contribution is -0.116. The summed E-state index contributed by atoms with van der Waals surface area (Å²) in [5.74, 6) is -0.248. The van der Waals surface area contributed by atoms with Crippen molar-refractivity contribution in [3.63, 3.8) is 0 Å². The van der Waals surface area contributed by atoms with E-state index in [1.165, 1.54) is 18.2 Å². The Morgan fingerprint density at radius 3 is 2.78 bits per heavy atom. The highest BCUT2D eigenvalue weighted by Gasteiger charge is 2.07. The molecule has 1 amide bonds. The van der Waals surface area contributed by atoms with Gasteiger partial charge in [-0.25, -0.2) is 0 Å². The smallest absolute Gasteiger partial charge is 0.387 e. The predicted molar refractivity (Wildman–Crippen MR) is 90.8 cm³/mol. The van der Waals surface area contributed by atoms with Gasteiger partial charge in [-0.15, -0.1) is 11.3 Å². The van der Waals surface area contributed by atoms with E-state index in [9.17, 15) is 13.6 Å². The number of halogens is 3. The van der Waals surface area contributed by atoms with Crippen molar-refractivity contribution in [2.24, 2.45) is 0 Å². The molecule has 3 nitrogen and oxygen atoms in total. The van der Waals surface area contributed by atoms with E-state index in [4.69, 9.17) is 0 Å². The van der Waals surface area contributed by atoms with Gasteiger partial charge in [0.1, 0.15) is 5.75 Å². The van der Waals surface area contributed by atoms with Crippen LogP contribution in [0.3, 0.4) is 0 Å². The van der Waals surface area contributed by atoms with E-state index in [-0.39, 0.29) is 11.7 Å². The second-order valence-corrected chi connectivity index (χ2v) is 7.04. The quantitative estimate of drug-likeness (QED) is 0.694. The van der Waals surface area contributed by atoms with Gasteiger partial charge < -0.3 is 10.1 Å². The number of nitrogens with one attached hydrogen (secondary N) is 1. The Morgan fingerprint density at radius 2 is 2.09 bits per heavy atom. The molecule has 0 spiro atoms. The molecule has 7 heteroatoms. The highest BCUT2D eigenvalue weighted by atomic mass is 79.9. The Hall–Kier alpha value is -1.73. The van der Waals surface area contributed by atoms with Crippen LogP contribution in [0.25, 0.3) is 6.08 Å². The van der Waals surface area contributed by atoms with Crippen molar-refractivity contribution in [1.82, 2.24) is 5.32 Å².